The molecule has 3 heteroatoms. The summed E-state index contributed by atoms with van der Waals surface area (Å²) in [5, 5.41) is 0. The van der Waals surface area contributed by atoms with Crippen LogP contribution < -0.4 is 0 Å². The van der Waals surface area contributed by atoms with E-state index in [1.807, 2.05) is 0 Å². The van der Waals surface area contributed by atoms with Gasteiger partial charge in [0, 0.05) is 23.9 Å². The molecule has 1 aliphatic heterocycles. The maximum atomic E-state index is 12.7. The summed E-state index contributed by atoms with van der Waals surface area (Å²) in [6, 6.07) is 0.282. The molecule has 1 heterocycles. The van der Waals surface area contributed by atoms with Crippen molar-refractivity contribution >= 4 is 17.5 Å². The van der Waals surface area contributed by atoms with E-state index in [0.29, 0.717) is 11.8 Å². The summed E-state index contributed by atoms with van der Waals surface area (Å²) in [6.45, 7) is 3.07. The highest BCUT2D eigenvalue weighted by molar-refractivity contribution is 6.18. The summed E-state index contributed by atoms with van der Waals surface area (Å²) >= 11 is 6.05. The molecule has 1 atom stereocenters. The van der Waals surface area contributed by atoms with Crippen molar-refractivity contribution in [3.63, 3.8) is 0 Å². The number of nitrogens with zero attached hydrogens (tertiary/aromatic N) is 1. The molecule has 0 bridgehead atoms. The third kappa shape index (κ3) is 2.78. The van der Waals surface area contributed by atoms with Crippen molar-refractivity contribution < 1.29 is 4.79 Å². The summed E-state index contributed by atoms with van der Waals surface area (Å²) in [5.74, 6) is 0.976. The zero-order valence-electron chi connectivity index (χ0n) is 10.9. The SMILES string of the molecule is CC1(C(=O)N2CCCCCC2CCl)CCCC1. The van der Waals surface area contributed by atoms with Gasteiger partial charge in [0.15, 0.2) is 0 Å². The molecule has 0 spiro atoms. The highest BCUT2D eigenvalue weighted by atomic mass is 35.5. The first kappa shape index (κ1) is 13.2. The highest BCUT2D eigenvalue weighted by Gasteiger charge is 2.40. The first-order valence-corrected chi connectivity index (χ1v) is 7.58. The number of rotatable bonds is 2. The number of likely N-dealkylation sites (tertiary alicyclic amines) is 1. The van der Waals surface area contributed by atoms with Crippen molar-refractivity contribution in [2.75, 3.05) is 12.4 Å². The molecule has 2 rings (SSSR count). The van der Waals surface area contributed by atoms with E-state index in [-0.39, 0.29) is 11.5 Å². The largest absolute Gasteiger partial charge is 0.338 e. The summed E-state index contributed by atoms with van der Waals surface area (Å²) in [5.41, 5.74) is -0.0886. The predicted molar refractivity (Wildman–Crippen MR) is 71.3 cm³/mol. The summed E-state index contributed by atoms with van der Waals surface area (Å²) in [6.07, 6.45) is 9.25. The van der Waals surface area contributed by atoms with E-state index in [1.165, 1.54) is 25.7 Å². The Balaban J connectivity index is 2.09. The maximum Gasteiger partial charge on any atom is 0.228 e. The molecule has 1 saturated carbocycles. The highest BCUT2D eigenvalue weighted by Crippen LogP contribution is 2.40. The molecule has 0 aromatic heterocycles. The van der Waals surface area contributed by atoms with Crippen molar-refractivity contribution in [3.8, 4) is 0 Å². The van der Waals surface area contributed by atoms with Gasteiger partial charge in [0.25, 0.3) is 0 Å². The Bertz CT molecular complexity index is 273. The number of amides is 1. The molecule has 1 amide bonds. The van der Waals surface area contributed by atoms with Crippen LogP contribution in [0.4, 0.5) is 0 Å². The minimum Gasteiger partial charge on any atom is -0.338 e. The second-order valence-electron chi connectivity index (χ2n) is 5.92. The molecule has 0 N–H and O–H groups in total. The van der Waals surface area contributed by atoms with Gasteiger partial charge in [0.05, 0.1) is 0 Å². The molecule has 98 valence electrons. The molecule has 0 radical (unpaired) electrons. The average molecular weight is 258 g/mol. The van der Waals surface area contributed by atoms with Crippen LogP contribution in [0.15, 0.2) is 0 Å². The Morgan fingerprint density at radius 1 is 1.24 bits per heavy atom. The van der Waals surface area contributed by atoms with Crippen LogP contribution in [-0.2, 0) is 4.79 Å². The Labute approximate surface area is 110 Å². The Morgan fingerprint density at radius 3 is 2.59 bits per heavy atom. The van der Waals surface area contributed by atoms with Gasteiger partial charge in [-0.25, -0.2) is 0 Å². The Hall–Kier alpha value is -0.240. The average Bonchev–Trinajstić information content (AvgIpc) is 2.65. The van der Waals surface area contributed by atoms with Crippen LogP contribution in [0, 0.1) is 5.41 Å². The van der Waals surface area contributed by atoms with Gasteiger partial charge in [-0.15, -0.1) is 11.6 Å². The standard InChI is InChI=1S/C14H24ClNO/c1-14(8-4-5-9-14)13(17)16-10-6-2-3-7-12(16)11-15/h12H,2-11H2,1H3. The second-order valence-corrected chi connectivity index (χ2v) is 6.23. The monoisotopic (exact) mass is 257 g/mol. The number of alkyl halides is 1. The molecule has 2 aliphatic rings. The van der Waals surface area contributed by atoms with E-state index in [0.717, 1.165) is 32.2 Å². The van der Waals surface area contributed by atoms with Crippen LogP contribution in [-0.4, -0.2) is 29.3 Å². The predicted octanol–water partition coefficient (Wildman–Crippen LogP) is 3.58. The third-order valence-electron chi connectivity index (χ3n) is 4.54. The molecule has 0 aromatic carbocycles. The van der Waals surface area contributed by atoms with E-state index in [1.54, 1.807) is 0 Å². The van der Waals surface area contributed by atoms with Gasteiger partial charge in [-0.05, 0) is 25.7 Å². The maximum absolute atomic E-state index is 12.7. The van der Waals surface area contributed by atoms with Crippen molar-refractivity contribution in [2.24, 2.45) is 5.41 Å². The molecule has 0 aromatic rings. The van der Waals surface area contributed by atoms with Crippen molar-refractivity contribution in [2.45, 2.75) is 64.3 Å². The zero-order valence-corrected chi connectivity index (χ0v) is 11.6. The van der Waals surface area contributed by atoms with Crippen LogP contribution in [0.5, 0.6) is 0 Å². The molecular weight excluding hydrogens is 234 g/mol. The summed E-state index contributed by atoms with van der Waals surface area (Å²) in [7, 11) is 0. The van der Waals surface area contributed by atoms with Crippen LogP contribution in [0.3, 0.4) is 0 Å². The van der Waals surface area contributed by atoms with Gasteiger partial charge in [0.2, 0.25) is 5.91 Å². The fraction of sp³-hybridized carbons (Fsp3) is 0.929. The zero-order chi connectivity index (χ0) is 12.3. The first-order valence-electron chi connectivity index (χ1n) is 7.04. The van der Waals surface area contributed by atoms with E-state index >= 15 is 0 Å². The van der Waals surface area contributed by atoms with Gasteiger partial charge in [-0.1, -0.05) is 32.6 Å². The van der Waals surface area contributed by atoms with Crippen LogP contribution in [0.25, 0.3) is 0 Å². The number of hydrogen-bond acceptors (Lipinski definition) is 1. The molecule has 1 aliphatic carbocycles. The Kier molecular flexibility index (Phi) is 4.35. The third-order valence-corrected chi connectivity index (χ3v) is 4.90. The van der Waals surface area contributed by atoms with E-state index < -0.39 is 0 Å². The smallest absolute Gasteiger partial charge is 0.228 e. The topological polar surface area (TPSA) is 20.3 Å². The van der Waals surface area contributed by atoms with Crippen molar-refractivity contribution in [3.05, 3.63) is 0 Å². The molecule has 2 nitrogen and oxygen atoms in total. The number of carbonyl (C=O) groups is 1. The molecule has 2 fully saturated rings. The van der Waals surface area contributed by atoms with Gasteiger partial charge in [-0.2, -0.15) is 0 Å². The molecular formula is C14H24ClNO. The molecule has 1 saturated heterocycles. The van der Waals surface area contributed by atoms with Gasteiger partial charge < -0.3 is 4.90 Å². The quantitative estimate of drug-likeness (QED) is 0.693. The van der Waals surface area contributed by atoms with Crippen LogP contribution in [0.1, 0.15) is 58.3 Å². The first-order chi connectivity index (χ1) is 8.17. The number of hydrogen-bond donors (Lipinski definition) is 0. The number of carbonyl (C=O) groups excluding carboxylic acids is 1. The minimum atomic E-state index is -0.0886. The lowest BCUT2D eigenvalue weighted by molar-refractivity contribution is -0.143. The van der Waals surface area contributed by atoms with E-state index in [2.05, 4.69) is 11.8 Å². The van der Waals surface area contributed by atoms with Crippen LogP contribution in [0.2, 0.25) is 0 Å². The van der Waals surface area contributed by atoms with Gasteiger partial charge in [-0.3, -0.25) is 4.79 Å². The molecule has 1 unspecified atom stereocenters. The fourth-order valence-electron chi connectivity index (χ4n) is 3.32. The lowest BCUT2D eigenvalue weighted by Crippen LogP contribution is -2.47. The van der Waals surface area contributed by atoms with E-state index in [9.17, 15) is 4.79 Å². The minimum absolute atomic E-state index is 0.0886. The summed E-state index contributed by atoms with van der Waals surface area (Å²) < 4.78 is 0. The van der Waals surface area contributed by atoms with Gasteiger partial charge >= 0.3 is 0 Å². The Morgan fingerprint density at radius 2 is 1.94 bits per heavy atom. The summed E-state index contributed by atoms with van der Waals surface area (Å²) in [4.78, 5) is 14.8. The van der Waals surface area contributed by atoms with Crippen molar-refractivity contribution in [1.29, 1.82) is 0 Å². The van der Waals surface area contributed by atoms with Crippen molar-refractivity contribution in [1.82, 2.24) is 4.90 Å². The lowest BCUT2D eigenvalue weighted by atomic mass is 9.86. The van der Waals surface area contributed by atoms with E-state index in [4.69, 9.17) is 11.6 Å². The fourth-order valence-corrected chi connectivity index (χ4v) is 3.64. The van der Waals surface area contributed by atoms with Crippen LogP contribution >= 0.6 is 11.6 Å². The number of halogens is 1. The molecule has 17 heavy (non-hydrogen) atoms. The normalized spacial score (nSPS) is 29.1. The second kappa shape index (κ2) is 5.60. The van der Waals surface area contributed by atoms with Gasteiger partial charge in [0.1, 0.15) is 0 Å². The lowest BCUT2D eigenvalue weighted by Gasteiger charge is -2.35.